The maximum absolute atomic E-state index is 10.6. The van der Waals surface area contributed by atoms with Gasteiger partial charge in [0.15, 0.2) is 0 Å². The number of aliphatic carboxylic acids is 2. The number of carbonyl (C=O) groups excluding carboxylic acids is 1. The summed E-state index contributed by atoms with van der Waals surface area (Å²) in [6, 6.07) is 0. The Morgan fingerprint density at radius 2 is 1.14 bits per heavy atom. The summed E-state index contributed by atoms with van der Waals surface area (Å²) in [7, 11) is 5.22. The minimum atomic E-state index is -5.08. The van der Waals surface area contributed by atoms with Crippen LogP contribution in [0.25, 0.3) is 0 Å². The number of hydrogen-bond donors (Lipinski definition) is 3. The maximum Gasteiger partial charge on any atom is 0.490 e. The standard InChI is InChI=1S/C5H12N2O.2C2HF3O2/c1-6-4-5(8)7(2)3;2*3-2(4,5)1(6)7/h6H,4H2,1-3H3;2*(H,6,7). The number of carbonyl (C=O) groups is 3. The first kappa shape index (κ1) is 24.9. The average molecular weight is 344 g/mol. The summed E-state index contributed by atoms with van der Waals surface area (Å²) < 4.78 is 63.5. The molecule has 0 atom stereocenters. The minimum Gasteiger partial charge on any atom is -0.475 e. The van der Waals surface area contributed by atoms with E-state index in [1.54, 1.807) is 26.0 Å². The van der Waals surface area contributed by atoms with Crippen LogP contribution in [0.3, 0.4) is 0 Å². The van der Waals surface area contributed by atoms with Gasteiger partial charge in [0.1, 0.15) is 0 Å². The van der Waals surface area contributed by atoms with Gasteiger partial charge in [0.05, 0.1) is 6.54 Å². The normalized spacial score (nSPS) is 10.4. The lowest BCUT2D eigenvalue weighted by molar-refractivity contribution is -0.193. The molecule has 22 heavy (non-hydrogen) atoms. The van der Waals surface area contributed by atoms with Gasteiger partial charge >= 0.3 is 24.3 Å². The Morgan fingerprint density at radius 3 is 1.18 bits per heavy atom. The molecule has 0 rings (SSSR count). The molecule has 0 heterocycles. The van der Waals surface area contributed by atoms with Crippen molar-refractivity contribution in [1.82, 2.24) is 10.2 Å². The van der Waals surface area contributed by atoms with Gasteiger partial charge in [0.25, 0.3) is 0 Å². The second-order valence-corrected chi connectivity index (χ2v) is 3.42. The first-order chi connectivity index (χ1) is 9.57. The van der Waals surface area contributed by atoms with Crippen molar-refractivity contribution < 1.29 is 50.9 Å². The number of halogens is 6. The maximum atomic E-state index is 10.6. The average Bonchev–Trinajstić information content (AvgIpc) is 2.28. The number of nitrogens with zero attached hydrogens (tertiary/aromatic N) is 1. The highest BCUT2D eigenvalue weighted by Crippen LogP contribution is 2.13. The fourth-order valence-electron chi connectivity index (χ4n) is 0.309. The van der Waals surface area contributed by atoms with Crippen LogP contribution in [-0.4, -0.2) is 73.0 Å². The number of alkyl halides is 6. The van der Waals surface area contributed by atoms with Gasteiger partial charge in [-0.3, -0.25) is 4.79 Å². The fourth-order valence-corrected chi connectivity index (χ4v) is 0.309. The largest absolute Gasteiger partial charge is 0.490 e. The Kier molecular flexibility index (Phi) is 12.1. The molecule has 0 saturated carbocycles. The van der Waals surface area contributed by atoms with E-state index in [1.807, 2.05) is 0 Å². The van der Waals surface area contributed by atoms with E-state index in [1.165, 1.54) is 0 Å². The molecular formula is C9H14F6N2O5. The van der Waals surface area contributed by atoms with Crippen molar-refractivity contribution in [3.05, 3.63) is 0 Å². The summed E-state index contributed by atoms with van der Waals surface area (Å²) in [4.78, 5) is 30.0. The van der Waals surface area contributed by atoms with Gasteiger partial charge in [-0.1, -0.05) is 0 Å². The van der Waals surface area contributed by atoms with Crippen LogP contribution in [0.4, 0.5) is 26.3 Å². The van der Waals surface area contributed by atoms with Crippen molar-refractivity contribution in [2.45, 2.75) is 12.4 Å². The Hall–Kier alpha value is -2.05. The molecule has 0 aromatic rings. The van der Waals surface area contributed by atoms with Crippen LogP contribution < -0.4 is 5.32 Å². The minimum absolute atomic E-state index is 0.104. The highest BCUT2D eigenvalue weighted by atomic mass is 19.4. The lowest BCUT2D eigenvalue weighted by Crippen LogP contribution is -2.30. The highest BCUT2D eigenvalue weighted by molar-refractivity contribution is 5.77. The first-order valence-corrected chi connectivity index (χ1v) is 5.02. The second kappa shape index (κ2) is 10.6. The lowest BCUT2D eigenvalue weighted by Gasteiger charge is -2.07. The number of amides is 1. The van der Waals surface area contributed by atoms with E-state index < -0.39 is 24.3 Å². The van der Waals surface area contributed by atoms with Gasteiger partial charge in [-0.05, 0) is 7.05 Å². The molecule has 0 radical (unpaired) electrons. The zero-order valence-electron chi connectivity index (χ0n) is 11.5. The van der Waals surface area contributed by atoms with Crippen LogP contribution in [-0.2, 0) is 14.4 Å². The topological polar surface area (TPSA) is 107 Å². The van der Waals surface area contributed by atoms with Crippen LogP contribution in [0.1, 0.15) is 0 Å². The summed E-state index contributed by atoms with van der Waals surface area (Å²) in [6.45, 7) is 0.424. The Morgan fingerprint density at radius 1 is 0.909 bits per heavy atom. The summed E-state index contributed by atoms with van der Waals surface area (Å²) in [6.07, 6.45) is -10.2. The summed E-state index contributed by atoms with van der Waals surface area (Å²) in [5.74, 6) is -5.41. The van der Waals surface area contributed by atoms with Gasteiger partial charge in [-0.2, -0.15) is 26.3 Å². The molecule has 13 heteroatoms. The molecule has 0 aliphatic rings. The fraction of sp³-hybridized carbons (Fsp3) is 0.667. The molecule has 0 bridgehead atoms. The molecule has 0 aliphatic carbocycles. The van der Waals surface area contributed by atoms with Crippen LogP contribution in [0.2, 0.25) is 0 Å². The van der Waals surface area contributed by atoms with Crippen molar-refractivity contribution in [3.63, 3.8) is 0 Å². The van der Waals surface area contributed by atoms with Crippen molar-refractivity contribution in [2.24, 2.45) is 0 Å². The van der Waals surface area contributed by atoms with Crippen LogP contribution >= 0.6 is 0 Å². The molecule has 0 saturated heterocycles. The zero-order chi connectivity index (χ0) is 18.7. The Balaban J connectivity index is -0.000000247. The molecule has 1 amide bonds. The molecule has 3 N–H and O–H groups in total. The smallest absolute Gasteiger partial charge is 0.475 e. The third-order valence-corrected chi connectivity index (χ3v) is 1.31. The van der Waals surface area contributed by atoms with E-state index in [2.05, 4.69) is 5.32 Å². The molecule has 132 valence electrons. The van der Waals surface area contributed by atoms with Gasteiger partial charge in [-0.15, -0.1) is 0 Å². The number of likely N-dealkylation sites (N-methyl/N-ethyl adjacent to an activating group) is 2. The summed E-state index contributed by atoms with van der Waals surface area (Å²) >= 11 is 0. The molecule has 0 unspecified atom stereocenters. The van der Waals surface area contributed by atoms with E-state index in [0.29, 0.717) is 6.54 Å². The van der Waals surface area contributed by atoms with Crippen molar-refractivity contribution >= 4 is 17.8 Å². The van der Waals surface area contributed by atoms with E-state index in [-0.39, 0.29) is 5.91 Å². The highest BCUT2D eigenvalue weighted by Gasteiger charge is 2.38. The molecule has 0 aromatic heterocycles. The third-order valence-electron chi connectivity index (χ3n) is 1.31. The first-order valence-electron chi connectivity index (χ1n) is 5.02. The molecule has 0 aromatic carbocycles. The third kappa shape index (κ3) is 17.9. The molecule has 0 fully saturated rings. The monoisotopic (exact) mass is 344 g/mol. The zero-order valence-corrected chi connectivity index (χ0v) is 11.5. The van der Waals surface area contributed by atoms with Gasteiger partial charge in [-0.25, -0.2) is 9.59 Å². The summed E-state index contributed by atoms with van der Waals surface area (Å²) in [5, 5.41) is 17.0. The molecular weight excluding hydrogens is 330 g/mol. The van der Waals surface area contributed by atoms with E-state index in [4.69, 9.17) is 19.8 Å². The predicted octanol–water partition coefficient (Wildman–Crippen LogP) is 0.561. The molecule has 7 nitrogen and oxygen atoms in total. The molecule has 0 spiro atoms. The van der Waals surface area contributed by atoms with E-state index in [9.17, 15) is 31.1 Å². The van der Waals surface area contributed by atoms with Crippen molar-refractivity contribution in [2.75, 3.05) is 27.7 Å². The van der Waals surface area contributed by atoms with Gasteiger partial charge in [0, 0.05) is 14.1 Å². The van der Waals surface area contributed by atoms with Crippen molar-refractivity contribution in [1.29, 1.82) is 0 Å². The van der Waals surface area contributed by atoms with Crippen molar-refractivity contribution in [3.8, 4) is 0 Å². The number of rotatable bonds is 2. The summed E-state index contributed by atoms with van der Waals surface area (Å²) in [5.41, 5.74) is 0. The van der Waals surface area contributed by atoms with E-state index >= 15 is 0 Å². The second-order valence-electron chi connectivity index (χ2n) is 3.42. The number of hydrogen-bond acceptors (Lipinski definition) is 4. The molecule has 0 aliphatic heterocycles. The van der Waals surface area contributed by atoms with Gasteiger partial charge in [0.2, 0.25) is 5.91 Å². The van der Waals surface area contributed by atoms with E-state index in [0.717, 1.165) is 0 Å². The van der Waals surface area contributed by atoms with Gasteiger partial charge < -0.3 is 20.4 Å². The van der Waals surface area contributed by atoms with Crippen LogP contribution in [0.15, 0.2) is 0 Å². The Labute approximate surface area is 120 Å². The predicted molar refractivity (Wildman–Crippen MR) is 60.0 cm³/mol. The number of carboxylic acids is 2. The number of carboxylic acid groups (broad SMARTS) is 2. The quantitative estimate of drug-likeness (QED) is 0.632. The van der Waals surface area contributed by atoms with Crippen LogP contribution in [0.5, 0.6) is 0 Å². The number of nitrogens with one attached hydrogen (secondary N) is 1. The lowest BCUT2D eigenvalue weighted by atomic mass is 10.5. The SMILES string of the molecule is CNCC(=O)N(C)C.O=C(O)C(F)(F)F.O=C(O)C(F)(F)F. The Bertz CT molecular complexity index is 342. The van der Waals surface area contributed by atoms with Crippen LogP contribution in [0, 0.1) is 0 Å².